The van der Waals surface area contributed by atoms with Gasteiger partial charge >= 0.3 is 6.18 Å². The molecule has 0 fully saturated rings. The van der Waals surface area contributed by atoms with Crippen LogP contribution in [-0.2, 0) is 28.8 Å². The van der Waals surface area contributed by atoms with Crippen LogP contribution < -0.4 is 0 Å². The summed E-state index contributed by atoms with van der Waals surface area (Å²) in [6, 6.07) is 10.9. The molecule has 0 N–H and O–H groups in total. The van der Waals surface area contributed by atoms with Crippen molar-refractivity contribution in [1.29, 1.82) is 5.26 Å². The fraction of sp³-hybridized carbons (Fsp3) is 0.346. The summed E-state index contributed by atoms with van der Waals surface area (Å²) in [5.74, 6) is -0.622. The highest BCUT2D eigenvalue weighted by Gasteiger charge is 2.39. The Morgan fingerprint density at radius 1 is 1.28 bits per heavy atom. The van der Waals surface area contributed by atoms with Crippen LogP contribution in [0.25, 0.3) is 11.1 Å². The molecule has 188 valence electrons. The Hall–Kier alpha value is -3.42. The molecule has 10 heteroatoms. The van der Waals surface area contributed by atoms with Crippen LogP contribution in [0.5, 0.6) is 0 Å². The van der Waals surface area contributed by atoms with Gasteiger partial charge in [-0.3, -0.25) is 9.48 Å². The van der Waals surface area contributed by atoms with Crippen LogP contribution in [0.1, 0.15) is 46.3 Å². The molecule has 36 heavy (non-hydrogen) atoms. The van der Waals surface area contributed by atoms with Crippen LogP contribution in [0.4, 0.5) is 13.2 Å². The lowest BCUT2D eigenvalue weighted by Gasteiger charge is -2.33. The van der Waals surface area contributed by atoms with Gasteiger partial charge in [0.2, 0.25) is 5.91 Å². The number of carbonyl (C=O) groups is 1. The molecule has 1 aromatic carbocycles. The first-order valence-electron chi connectivity index (χ1n) is 11.6. The number of fused-ring (bicyclic) bond motifs is 1. The van der Waals surface area contributed by atoms with Gasteiger partial charge in [-0.15, -0.1) is 11.3 Å². The molecule has 0 aliphatic carbocycles. The van der Waals surface area contributed by atoms with Crippen molar-refractivity contribution in [3.63, 3.8) is 0 Å². The molecule has 1 atom stereocenters. The van der Waals surface area contributed by atoms with Crippen molar-refractivity contribution in [3.8, 4) is 17.2 Å². The molecule has 0 saturated carbocycles. The molecule has 4 rings (SSSR count). The Morgan fingerprint density at radius 3 is 2.75 bits per heavy atom. The molecule has 1 amide bonds. The molecule has 1 aliphatic heterocycles. The third-order valence-electron chi connectivity index (χ3n) is 6.04. The second-order valence-corrected chi connectivity index (χ2v) is 9.40. The summed E-state index contributed by atoms with van der Waals surface area (Å²) in [6.07, 6.45) is -0.104. The lowest BCUT2D eigenvalue weighted by Crippen LogP contribution is -2.37. The van der Waals surface area contributed by atoms with E-state index in [0.29, 0.717) is 42.3 Å². The van der Waals surface area contributed by atoms with Crippen LogP contribution in [0.3, 0.4) is 0 Å². The number of aryl methyl sites for hydroxylation is 1. The largest absolute Gasteiger partial charge is 0.435 e. The fourth-order valence-corrected chi connectivity index (χ4v) is 5.42. The van der Waals surface area contributed by atoms with Crippen molar-refractivity contribution >= 4 is 17.2 Å². The third kappa shape index (κ3) is 5.22. The van der Waals surface area contributed by atoms with E-state index in [-0.39, 0.29) is 18.0 Å². The predicted molar refractivity (Wildman–Crippen MR) is 130 cm³/mol. The van der Waals surface area contributed by atoms with E-state index in [1.54, 1.807) is 48.2 Å². The molecule has 0 bridgehead atoms. The van der Waals surface area contributed by atoms with Crippen LogP contribution >= 0.6 is 11.3 Å². The topological polar surface area (TPSA) is 71.2 Å². The van der Waals surface area contributed by atoms with E-state index in [1.165, 1.54) is 28.3 Å². The normalized spacial score (nSPS) is 15.8. The van der Waals surface area contributed by atoms with Gasteiger partial charge in [0.15, 0.2) is 5.69 Å². The monoisotopic (exact) mass is 514 g/mol. The maximum absolute atomic E-state index is 13.9. The van der Waals surface area contributed by atoms with Crippen LogP contribution in [-0.4, -0.2) is 40.3 Å². The van der Waals surface area contributed by atoms with Crippen molar-refractivity contribution in [2.24, 2.45) is 0 Å². The van der Waals surface area contributed by atoms with Gasteiger partial charge < -0.3 is 9.64 Å². The Labute approximate surface area is 211 Å². The standard InChI is InChI=1S/C26H25F3N4O2S/c1-3-33-15-22(25(31-33)26(27,28)29)19-9-6-5-8-18(19)21-14-32(24(34)10-7-11-35-4-2)16-23-20(21)12-17(13-30)36-23/h5-10,12,15,21H,3-4,11,14,16H2,1-2H3/b10-7+. The van der Waals surface area contributed by atoms with Crippen molar-refractivity contribution in [1.82, 2.24) is 14.7 Å². The summed E-state index contributed by atoms with van der Waals surface area (Å²) < 4.78 is 48.3. The van der Waals surface area contributed by atoms with E-state index in [9.17, 15) is 23.2 Å². The minimum absolute atomic E-state index is 0.00250. The first kappa shape index (κ1) is 25.7. The number of ether oxygens (including phenoxy) is 1. The van der Waals surface area contributed by atoms with Gasteiger partial charge in [-0.05, 0) is 36.6 Å². The molecule has 3 aromatic rings. The summed E-state index contributed by atoms with van der Waals surface area (Å²) in [4.78, 5) is 16.0. The molecule has 0 spiro atoms. The third-order valence-corrected chi connectivity index (χ3v) is 7.08. The highest BCUT2D eigenvalue weighted by atomic mass is 32.1. The smallest absolute Gasteiger partial charge is 0.378 e. The Kier molecular flexibility index (Phi) is 7.62. The number of thiophene rings is 1. The summed E-state index contributed by atoms with van der Waals surface area (Å²) in [5.41, 5.74) is 0.979. The molecule has 2 aromatic heterocycles. The van der Waals surface area contributed by atoms with Gasteiger partial charge in [0, 0.05) is 48.3 Å². The molecule has 6 nitrogen and oxygen atoms in total. The van der Waals surface area contributed by atoms with E-state index in [1.807, 2.05) is 6.92 Å². The summed E-state index contributed by atoms with van der Waals surface area (Å²) in [7, 11) is 0. The zero-order valence-electron chi connectivity index (χ0n) is 19.9. The van der Waals surface area contributed by atoms with Crippen molar-refractivity contribution in [3.05, 3.63) is 75.3 Å². The number of rotatable bonds is 7. The number of carbonyl (C=O) groups excluding carboxylic acids is 1. The minimum atomic E-state index is -4.62. The van der Waals surface area contributed by atoms with E-state index < -0.39 is 17.8 Å². The van der Waals surface area contributed by atoms with Gasteiger partial charge in [-0.25, -0.2) is 0 Å². The molecule has 1 unspecified atom stereocenters. The second kappa shape index (κ2) is 10.7. The maximum atomic E-state index is 13.9. The number of amides is 1. The van der Waals surface area contributed by atoms with Gasteiger partial charge in [-0.2, -0.15) is 23.5 Å². The molecule has 0 saturated heterocycles. The number of nitrogens with zero attached hydrogens (tertiary/aromatic N) is 4. The molecular formula is C26H25F3N4O2S. The molecule has 1 aliphatic rings. The van der Waals surface area contributed by atoms with Gasteiger partial charge in [0.05, 0.1) is 13.2 Å². The number of hydrogen-bond acceptors (Lipinski definition) is 5. The van der Waals surface area contributed by atoms with E-state index in [2.05, 4.69) is 11.2 Å². The van der Waals surface area contributed by atoms with Crippen molar-refractivity contribution in [2.45, 2.75) is 39.0 Å². The van der Waals surface area contributed by atoms with E-state index in [0.717, 1.165) is 10.4 Å². The van der Waals surface area contributed by atoms with Gasteiger partial charge in [0.25, 0.3) is 0 Å². The van der Waals surface area contributed by atoms with E-state index in [4.69, 9.17) is 4.74 Å². The maximum Gasteiger partial charge on any atom is 0.435 e. The lowest BCUT2D eigenvalue weighted by molar-refractivity contribution is -0.141. The first-order valence-corrected chi connectivity index (χ1v) is 12.4. The molecular weight excluding hydrogens is 489 g/mol. The summed E-state index contributed by atoms with van der Waals surface area (Å²) >= 11 is 1.30. The number of alkyl halides is 3. The fourth-order valence-electron chi connectivity index (χ4n) is 4.38. The first-order chi connectivity index (χ1) is 17.3. The minimum Gasteiger partial charge on any atom is -0.378 e. The Bertz CT molecular complexity index is 1320. The number of hydrogen-bond donors (Lipinski definition) is 0. The van der Waals surface area contributed by atoms with Crippen molar-refractivity contribution < 1.29 is 22.7 Å². The second-order valence-electron chi connectivity index (χ2n) is 8.27. The van der Waals surface area contributed by atoms with Gasteiger partial charge in [0.1, 0.15) is 10.9 Å². The van der Waals surface area contributed by atoms with Crippen molar-refractivity contribution in [2.75, 3.05) is 19.8 Å². The zero-order chi connectivity index (χ0) is 25.9. The quantitative estimate of drug-likeness (QED) is 0.305. The van der Waals surface area contributed by atoms with Crippen LogP contribution in [0, 0.1) is 11.3 Å². The summed E-state index contributed by atoms with van der Waals surface area (Å²) in [6.45, 7) is 5.34. The molecule has 3 heterocycles. The van der Waals surface area contributed by atoms with Crippen LogP contribution in [0.2, 0.25) is 0 Å². The number of nitriles is 1. The van der Waals surface area contributed by atoms with E-state index >= 15 is 0 Å². The number of benzene rings is 1. The average molecular weight is 515 g/mol. The SMILES string of the molecule is CCOC/C=C/C(=O)N1Cc2sc(C#N)cc2C(c2ccccc2-c2cn(CC)nc2C(F)(F)F)C1. The number of aromatic nitrogens is 2. The van der Waals surface area contributed by atoms with Gasteiger partial charge in [-0.1, -0.05) is 30.3 Å². The number of halogens is 3. The molecule has 0 radical (unpaired) electrons. The van der Waals surface area contributed by atoms with Crippen LogP contribution in [0.15, 0.2) is 48.7 Å². The predicted octanol–water partition coefficient (Wildman–Crippen LogP) is 5.59. The highest BCUT2D eigenvalue weighted by molar-refractivity contribution is 7.12. The highest BCUT2D eigenvalue weighted by Crippen LogP contribution is 2.44. The Morgan fingerprint density at radius 2 is 2.06 bits per heavy atom. The zero-order valence-corrected chi connectivity index (χ0v) is 20.7. The lowest BCUT2D eigenvalue weighted by atomic mass is 9.83. The summed E-state index contributed by atoms with van der Waals surface area (Å²) in [5, 5.41) is 13.3. The average Bonchev–Trinajstić information content (AvgIpc) is 3.50. The Balaban J connectivity index is 1.80.